The number of fused-ring (bicyclic) bond motifs is 3. The molecule has 2 aromatic carbocycles. The van der Waals surface area contributed by atoms with Crippen LogP contribution in [0.4, 0.5) is 10.1 Å². The van der Waals surface area contributed by atoms with Crippen LogP contribution in [0.1, 0.15) is 30.6 Å². The van der Waals surface area contributed by atoms with Crippen molar-refractivity contribution >= 4 is 15.7 Å². The highest BCUT2D eigenvalue weighted by Gasteiger charge is 2.38. The van der Waals surface area contributed by atoms with Crippen molar-refractivity contribution in [2.75, 3.05) is 11.4 Å². The minimum absolute atomic E-state index is 0.152. The third-order valence-corrected chi connectivity index (χ3v) is 6.97. The van der Waals surface area contributed by atoms with Gasteiger partial charge in [-0.15, -0.1) is 0 Å². The monoisotopic (exact) mass is 400 g/mol. The van der Waals surface area contributed by atoms with Gasteiger partial charge in [0.1, 0.15) is 11.6 Å². The van der Waals surface area contributed by atoms with Gasteiger partial charge in [-0.2, -0.15) is 0 Å². The van der Waals surface area contributed by atoms with Gasteiger partial charge >= 0.3 is 0 Å². The summed E-state index contributed by atoms with van der Waals surface area (Å²) in [4.78, 5) is 0.152. The van der Waals surface area contributed by atoms with Crippen LogP contribution in [0.2, 0.25) is 0 Å². The molecule has 0 aliphatic carbocycles. The molecule has 2 heterocycles. The van der Waals surface area contributed by atoms with Gasteiger partial charge in [-0.05, 0) is 61.4 Å². The predicted octanol–water partition coefficient (Wildman–Crippen LogP) is 4.59. The number of benzene rings is 2. The largest absolute Gasteiger partial charge is 0.496 e. The molecule has 1 aromatic heterocycles. The van der Waals surface area contributed by atoms with E-state index in [1.54, 1.807) is 32.2 Å². The number of aromatic nitrogens is 1. The van der Waals surface area contributed by atoms with Crippen molar-refractivity contribution < 1.29 is 17.5 Å². The van der Waals surface area contributed by atoms with Crippen molar-refractivity contribution in [3.63, 3.8) is 0 Å². The normalized spacial score (nSPS) is 15.9. The second-order valence-corrected chi connectivity index (χ2v) is 8.61. The maximum atomic E-state index is 14.1. The minimum atomic E-state index is -3.92. The van der Waals surface area contributed by atoms with Gasteiger partial charge in [-0.25, -0.2) is 12.8 Å². The molecule has 0 bridgehead atoms. The molecule has 1 atom stereocenters. The lowest BCUT2D eigenvalue weighted by atomic mass is 10.1. The SMILES string of the molecule is CCC1c2cccn2-c2ccc(F)cc2N1S(=O)(=O)c1ccc(OC)c(C)c1. The number of anilines is 1. The zero-order valence-electron chi connectivity index (χ0n) is 15.9. The van der Waals surface area contributed by atoms with Crippen LogP contribution in [0.15, 0.2) is 59.6 Å². The van der Waals surface area contributed by atoms with E-state index in [4.69, 9.17) is 4.74 Å². The summed E-state index contributed by atoms with van der Waals surface area (Å²) in [5.74, 6) is 0.139. The third kappa shape index (κ3) is 2.69. The molecule has 0 amide bonds. The first kappa shape index (κ1) is 18.6. The van der Waals surface area contributed by atoms with Crippen molar-refractivity contribution in [3.8, 4) is 11.4 Å². The number of nitrogens with zero attached hydrogens (tertiary/aromatic N) is 2. The molecule has 1 aliphatic heterocycles. The van der Waals surface area contributed by atoms with E-state index in [1.165, 1.54) is 22.5 Å². The Morgan fingerprint density at radius 3 is 2.57 bits per heavy atom. The summed E-state index contributed by atoms with van der Waals surface area (Å²) in [5.41, 5.74) is 2.55. The number of rotatable bonds is 4. The quantitative estimate of drug-likeness (QED) is 0.643. The number of sulfonamides is 1. The first-order chi connectivity index (χ1) is 13.4. The summed E-state index contributed by atoms with van der Waals surface area (Å²) in [6.45, 7) is 3.72. The molecule has 7 heteroatoms. The van der Waals surface area contributed by atoms with Gasteiger partial charge in [0.2, 0.25) is 0 Å². The highest BCUT2D eigenvalue weighted by molar-refractivity contribution is 7.92. The van der Waals surface area contributed by atoms with Gasteiger partial charge in [0.25, 0.3) is 10.0 Å². The van der Waals surface area contributed by atoms with Crippen LogP contribution in [0, 0.1) is 12.7 Å². The summed E-state index contributed by atoms with van der Waals surface area (Å²) >= 11 is 0. The Labute approximate surface area is 164 Å². The Morgan fingerprint density at radius 1 is 1.11 bits per heavy atom. The Bertz CT molecular complexity index is 1150. The Balaban J connectivity index is 1.95. The number of aryl methyl sites for hydroxylation is 1. The lowest BCUT2D eigenvalue weighted by Crippen LogP contribution is -2.39. The average molecular weight is 400 g/mol. The standard InChI is InChI=1S/C21H21FN2O3S/c1-4-17-18-6-5-11-23(18)19-9-7-15(22)13-20(19)24(17)28(25,26)16-8-10-21(27-3)14(2)12-16/h5-13,17H,4H2,1-3H3. The number of hydrogen-bond donors (Lipinski definition) is 0. The topological polar surface area (TPSA) is 51.5 Å². The molecule has 0 saturated carbocycles. The van der Waals surface area contributed by atoms with Crippen LogP contribution < -0.4 is 9.04 Å². The molecule has 3 aromatic rings. The van der Waals surface area contributed by atoms with Crippen LogP contribution in [0.3, 0.4) is 0 Å². The number of methoxy groups -OCH3 is 1. The molecule has 0 spiro atoms. The fourth-order valence-electron chi connectivity index (χ4n) is 3.85. The molecule has 28 heavy (non-hydrogen) atoms. The van der Waals surface area contributed by atoms with Crippen LogP contribution in [0.5, 0.6) is 5.75 Å². The molecule has 4 rings (SSSR count). The zero-order chi connectivity index (χ0) is 20.1. The Kier molecular flexibility index (Phi) is 4.42. The van der Waals surface area contributed by atoms with Gasteiger partial charge in [0.05, 0.1) is 29.4 Å². The van der Waals surface area contributed by atoms with E-state index in [-0.39, 0.29) is 4.90 Å². The summed E-state index contributed by atoms with van der Waals surface area (Å²) in [7, 11) is -2.38. The molecule has 0 saturated heterocycles. The summed E-state index contributed by atoms with van der Waals surface area (Å²) < 4.78 is 50.0. The third-order valence-electron chi connectivity index (χ3n) is 5.15. The van der Waals surface area contributed by atoms with Gasteiger partial charge < -0.3 is 9.30 Å². The van der Waals surface area contributed by atoms with Crippen molar-refractivity contribution in [1.82, 2.24) is 4.57 Å². The molecular weight excluding hydrogens is 379 g/mol. The molecule has 1 unspecified atom stereocenters. The van der Waals surface area contributed by atoms with Gasteiger partial charge in [0.15, 0.2) is 0 Å². The lowest BCUT2D eigenvalue weighted by Gasteiger charge is -2.38. The van der Waals surface area contributed by atoms with Gasteiger partial charge in [-0.1, -0.05) is 6.92 Å². The maximum absolute atomic E-state index is 14.1. The molecule has 5 nitrogen and oxygen atoms in total. The minimum Gasteiger partial charge on any atom is -0.496 e. The Morgan fingerprint density at radius 2 is 1.89 bits per heavy atom. The van der Waals surface area contributed by atoms with E-state index < -0.39 is 21.9 Å². The number of halogens is 1. The van der Waals surface area contributed by atoms with Crippen LogP contribution in [0.25, 0.3) is 5.69 Å². The number of hydrogen-bond acceptors (Lipinski definition) is 3. The van der Waals surface area contributed by atoms with Gasteiger partial charge in [0, 0.05) is 18.0 Å². The molecule has 146 valence electrons. The van der Waals surface area contributed by atoms with Gasteiger partial charge in [-0.3, -0.25) is 4.31 Å². The molecular formula is C21H21FN2O3S. The molecule has 0 fully saturated rings. The lowest BCUT2D eigenvalue weighted by molar-refractivity contribution is 0.411. The van der Waals surface area contributed by atoms with E-state index in [0.29, 0.717) is 23.5 Å². The van der Waals surface area contributed by atoms with Crippen molar-refractivity contribution in [1.29, 1.82) is 0 Å². The van der Waals surface area contributed by atoms with Crippen LogP contribution in [-0.2, 0) is 10.0 Å². The first-order valence-electron chi connectivity index (χ1n) is 9.04. The zero-order valence-corrected chi connectivity index (χ0v) is 16.7. The van der Waals surface area contributed by atoms with E-state index in [1.807, 2.05) is 29.8 Å². The average Bonchev–Trinajstić information content (AvgIpc) is 3.16. The molecule has 0 N–H and O–H groups in total. The van der Waals surface area contributed by atoms with E-state index >= 15 is 0 Å². The Hall–Kier alpha value is -2.80. The summed E-state index contributed by atoms with van der Waals surface area (Å²) in [6, 6.07) is 12.3. The maximum Gasteiger partial charge on any atom is 0.265 e. The molecule has 0 radical (unpaired) electrons. The summed E-state index contributed by atoms with van der Waals surface area (Å²) in [5, 5.41) is 0. The first-order valence-corrected chi connectivity index (χ1v) is 10.5. The smallest absolute Gasteiger partial charge is 0.265 e. The summed E-state index contributed by atoms with van der Waals surface area (Å²) in [6.07, 6.45) is 2.42. The number of ether oxygens (including phenoxy) is 1. The fourth-order valence-corrected chi connectivity index (χ4v) is 5.64. The predicted molar refractivity (Wildman–Crippen MR) is 106 cm³/mol. The van der Waals surface area contributed by atoms with Crippen LogP contribution >= 0.6 is 0 Å². The molecule has 1 aliphatic rings. The second-order valence-electron chi connectivity index (χ2n) is 6.79. The van der Waals surface area contributed by atoms with Crippen molar-refractivity contribution in [3.05, 3.63) is 71.8 Å². The second kappa shape index (κ2) is 6.67. The van der Waals surface area contributed by atoms with Crippen molar-refractivity contribution in [2.45, 2.75) is 31.2 Å². The van der Waals surface area contributed by atoms with E-state index in [0.717, 1.165) is 11.3 Å². The highest BCUT2D eigenvalue weighted by Crippen LogP contribution is 2.44. The fraction of sp³-hybridized carbons (Fsp3) is 0.238. The van der Waals surface area contributed by atoms with Crippen molar-refractivity contribution in [2.24, 2.45) is 0 Å². The highest BCUT2D eigenvalue weighted by atomic mass is 32.2. The van der Waals surface area contributed by atoms with Crippen LogP contribution in [-0.4, -0.2) is 20.1 Å². The van der Waals surface area contributed by atoms with E-state index in [9.17, 15) is 12.8 Å². The van der Waals surface area contributed by atoms with E-state index in [2.05, 4.69) is 0 Å².